The zero-order valence-electron chi connectivity index (χ0n) is 49.1. The van der Waals surface area contributed by atoms with E-state index in [4.69, 9.17) is 14.2 Å². The van der Waals surface area contributed by atoms with Crippen molar-refractivity contribution in [2.45, 2.75) is 329 Å². The largest absolute Gasteiger partial charge is 0.462 e. The van der Waals surface area contributed by atoms with E-state index in [1.54, 1.807) is 0 Å². The molecule has 428 valence electrons. The topological polar surface area (TPSA) is 78.9 Å². The Morgan fingerprint density at radius 3 is 0.892 bits per heavy atom. The summed E-state index contributed by atoms with van der Waals surface area (Å²) in [6, 6.07) is 0. The molecule has 0 spiro atoms. The molecule has 0 radical (unpaired) electrons. The molecule has 0 bridgehead atoms. The van der Waals surface area contributed by atoms with Gasteiger partial charge in [-0.1, -0.05) is 293 Å². The summed E-state index contributed by atoms with van der Waals surface area (Å²) in [6.07, 6.45) is 80.6. The molecule has 0 N–H and O–H groups in total. The molecule has 0 saturated carbocycles. The highest BCUT2D eigenvalue weighted by atomic mass is 16.6. The van der Waals surface area contributed by atoms with Gasteiger partial charge in [-0.15, -0.1) is 0 Å². The molecule has 0 aromatic rings. The standard InChI is InChI=1S/C68H120O6/c1-4-7-10-13-16-19-22-25-28-31-33-35-37-40-43-46-49-52-55-58-61-67(70)73-64-65(63-72-66(69)60-57-54-51-48-45-42-39-36-30-27-24-21-18-15-12-9-6-3)74-68(71)62-59-56-53-50-47-44-41-38-34-32-29-26-23-20-17-14-11-8-5-2/h9,12,18,21,26-27,29-30,39,42,48,51,65H,4-8,10-11,13-17,19-20,22-25,28,31-38,40-41,43-47,49-50,52-64H2,1-3H3/b12-9-,21-18-,29-26-,30-27-,42-39-,51-48-. The number of ether oxygens (including phenoxy) is 3. The van der Waals surface area contributed by atoms with Gasteiger partial charge in [0.1, 0.15) is 13.2 Å². The Kier molecular flexibility index (Phi) is 59.7. The van der Waals surface area contributed by atoms with Crippen molar-refractivity contribution in [3.8, 4) is 0 Å². The zero-order chi connectivity index (χ0) is 53.6. The minimum Gasteiger partial charge on any atom is -0.462 e. The molecule has 1 atom stereocenters. The van der Waals surface area contributed by atoms with E-state index in [9.17, 15) is 14.4 Å². The molecule has 0 aromatic heterocycles. The van der Waals surface area contributed by atoms with Gasteiger partial charge in [0.2, 0.25) is 0 Å². The van der Waals surface area contributed by atoms with Crippen LogP contribution in [0.25, 0.3) is 0 Å². The van der Waals surface area contributed by atoms with Crippen LogP contribution < -0.4 is 0 Å². The molecular formula is C68H120O6. The summed E-state index contributed by atoms with van der Waals surface area (Å²) in [5.41, 5.74) is 0. The van der Waals surface area contributed by atoms with E-state index in [1.165, 1.54) is 199 Å². The van der Waals surface area contributed by atoms with Gasteiger partial charge < -0.3 is 14.2 Å². The predicted molar refractivity (Wildman–Crippen MR) is 321 cm³/mol. The highest BCUT2D eigenvalue weighted by molar-refractivity contribution is 5.71. The van der Waals surface area contributed by atoms with Gasteiger partial charge in [0.15, 0.2) is 6.10 Å². The van der Waals surface area contributed by atoms with E-state index in [2.05, 4.69) is 93.7 Å². The van der Waals surface area contributed by atoms with Gasteiger partial charge in [-0.25, -0.2) is 0 Å². The Morgan fingerprint density at radius 1 is 0.284 bits per heavy atom. The molecule has 1 unspecified atom stereocenters. The summed E-state index contributed by atoms with van der Waals surface area (Å²) in [4.78, 5) is 38.3. The summed E-state index contributed by atoms with van der Waals surface area (Å²) in [7, 11) is 0. The number of esters is 3. The predicted octanol–water partition coefficient (Wildman–Crippen LogP) is 21.7. The highest BCUT2D eigenvalue weighted by Crippen LogP contribution is 2.17. The first kappa shape index (κ1) is 70.8. The zero-order valence-corrected chi connectivity index (χ0v) is 49.1. The van der Waals surface area contributed by atoms with Gasteiger partial charge in [-0.05, 0) is 83.5 Å². The number of unbranched alkanes of at least 4 members (excludes halogenated alkanes) is 35. The van der Waals surface area contributed by atoms with Crippen molar-refractivity contribution in [3.05, 3.63) is 72.9 Å². The van der Waals surface area contributed by atoms with Crippen LogP contribution in [0.2, 0.25) is 0 Å². The third kappa shape index (κ3) is 59.7. The van der Waals surface area contributed by atoms with Crippen LogP contribution in [0.3, 0.4) is 0 Å². The lowest BCUT2D eigenvalue weighted by Gasteiger charge is -2.18. The molecule has 0 aromatic carbocycles. The lowest BCUT2D eigenvalue weighted by atomic mass is 10.0. The fourth-order valence-electron chi connectivity index (χ4n) is 9.18. The molecule has 6 nitrogen and oxygen atoms in total. The summed E-state index contributed by atoms with van der Waals surface area (Å²) in [5.74, 6) is -0.937. The Labute approximate surface area is 459 Å². The second kappa shape index (κ2) is 62.4. The minimum absolute atomic E-state index is 0.0907. The molecule has 0 saturated heterocycles. The van der Waals surface area contributed by atoms with Crippen molar-refractivity contribution >= 4 is 17.9 Å². The van der Waals surface area contributed by atoms with Crippen molar-refractivity contribution < 1.29 is 28.6 Å². The van der Waals surface area contributed by atoms with Gasteiger partial charge >= 0.3 is 17.9 Å². The molecular weight excluding hydrogens is 913 g/mol. The number of hydrogen-bond acceptors (Lipinski definition) is 6. The van der Waals surface area contributed by atoms with Crippen LogP contribution >= 0.6 is 0 Å². The van der Waals surface area contributed by atoms with Crippen molar-refractivity contribution in [1.29, 1.82) is 0 Å². The van der Waals surface area contributed by atoms with Crippen molar-refractivity contribution in [2.75, 3.05) is 13.2 Å². The first-order valence-corrected chi connectivity index (χ1v) is 31.9. The van der Waals surface area contributed by atoms with Crippen molar-refractivity contribution in [3.63, 3.8) is 0 Å². The van der Waals surface area contributed by atoms with Crippen LogP contribution in [0.5, 0.6) is 0 Å². The fourth-order valence-corrected chi connectivity index (χ4v) is 9.18. The normalized spacial score (nSPS) is 12.5. The van der Waals surface area contributed by atoms with E-state index in [0.29, 0.717) is 19.3 Å². The maximum atomic E-state index is 12.9. The second-order valence-electron chi connectivity index (χ2n) is 21.3. The summed E-state index contributed by atoms with van der Waals surface area (Å²) in [5, 5.41) is 0. The Balaban J connectivity index is 4.41. The molecule has 0 aliphatic carbocycles. The van der Waals surface area contributed by atoms with Crippen LogP contribution in [-0.2, 0) is 28.6 Å². The molecule has 0 fully saturated rings. The van der Waals surface area contributed by atoms with E-state index in [1.807, 2.05) is 0 Å². The Hall–Kier alpha value is -3.15. The lowest BCUT2D eigenvalue weighted by Crippen LogP contribution is -2.30. The van der Waals surface area contributed by atoms with Crippen LogP contribution in [0.4, 0.5) is 0 Å². The van der Waals surface area contributed by atoms with Gasteiger partial charge in [0, 0.05) is 19.3 Å². The van der Waals surface area contributed by atoms with E-state index in [-0.39, 0.29) is 37.5 Å². The highest BCUT2D eigenvalue weighted by Gasteiger charge is 2.19. The van der Waals surface area contributed by atoms with Gasteiger partial charge in [-0.2, -0.15) is 0 Å². The fraction of sp³-hybridized carbons (Fsp3) is 0.779. The van der Waals surface area contributed by atoms with E-state index < -0.39 is 6.10 Å². The molecule has 0 amide bonds. The first-order valence-electron chi connectivity index (χ1n) is 31.9. The first-order chi connectivity index (χ1) is 36.5. The summed E-state index contributed by atoms with van der Waals surface area (Å²) < 4.78 is 16.9. The third-order valence-electron chi connectivity index (χ3n) is 13.9. The van der Waals surface area contributed by atoms with Crippen LogP contribution in [0.15, 0.2) is 72.9 Å². The van der Waals surface area contributed by atoms with Crippen LogP contribution in [0.1, 0.15) is 323 Å². The minimum atomic E-state index is -0.799. The molecule has 0 aliphatic rings. The number of hydrogen-bond donors (Lipinski definition) is 0. The Morgan fingerprint density at radius 2 is 0.541 bits per heavy atom. The van der Waals surface area contributed by atoms with Gasteiger partial charge in [0.05, 0.1) is 0 Å². The number of carbonyl (C=O) groups is 3. The molecule has 0 heterocycles. The third-order valence-corrected chi connectivity index (χ3v) is 13.9. The van der Waals surface area contributed by atoms with Crippen LogP contribution in [-0.4, -0.2) is 37.2 Å². The van der Waals surface area contributed by atoms with Gasteiger partial charge in [0.25, 0.3) is 0 Å². The molecule has 6 heteroatoms. The van der Waals surface area contributed by atoms with Crippen LogP contribution in [0, 0.1) is 0 Å². The average molecular weight is 1030 g/mol. The summed E-state index contributed by atoms with van der Waals surface area (Å²) >= 11 is 0. The Bertz CT molecular complexity index is 1370. The number of rotatable bonds is 58. The van der Waals surface area contributed by atoms with Crippen molar-refractivity contribution in [2.24, 2.45) is 0 Å². The van der Waals surface area contributed by atoms with E-state index >= 15 is 0 Å². The average Bonchev–Trinajstić information content (AvgIpc) is 3.40. The second-order valence-corrected chi connectivity index (χ2v) is 21.3. The van der Waals surface area contributed by atoms with Crippen molar-refractivity contribution in [1.82, 2.24) is 0 Å². The number of carbonyl (C=O) groups excluding carboxylic acids is 3. The number of allylic oxidation sites excluding steroid dienone is 12. The SMILES string of the molecule is CC/C=C\C/C=C\C/C=C\C/C=C\C/C=C\CCCC(=O)OCC(COC(=O)CCCCCCCCCCCCCCCCCCCCCC)OC(=O)CCCCCCCCCCC/C=C\CCCCCCCC. The molecule has 74 heavy (non-hydrogen) atoms. The maximum absolute atomic E-state index is 12.9. The van der Waals surface area contributed by atoms with Gasteiger partial charge in [-0.3, -0.25) is 14.4 Å². The smallest absolute Gasteiger partial charge is 0.306 e. The maximum Gasteiger partial charge on any atom is 0.306 e. The van der Waals surface area contributed by atoms with E-state index in [0.717, 1.165) is 77.0 Å². The monoisotopic (exact) mass is 1030 g/mol. The molecule has 0 aliphatic heterocycles. The summed E-state index contributed by atoms with van der Waals surface area (Å²) in [6.45, 7) is 6.52. The quantitative estimate of drug-likeness (QED) is 0.0261. The molecule has 0 rings (SSSR count). The lowest BCUT2D eigenvalue weighted by molar-refractivity contribution is -0.167.